The number of nitrogens with zero attached hydrogens (tertiary/aromatic N) is 3. The van der Waals surface area contributed by atoms with Crippen molar-refractivity contribution in [3.8, 4) is 11.3 Å². The predicted octanol–water partition coefficient (Wildman–Crippen LogP) is 3.20. The molecule has 1 fully saturated rings. The summed E-state index contributed by atoms with van der Waals surface area (Å²) < 4.78 is 1.67. The Morgan fingerprint density at radius 2 is 1.92 bits per heavy atom. The number of hydrogen-bond donors (Lipinski definition) is 0. The van der Waals surface area contributed by atoms with Gasteiger partial charge in [-0.25, -0.2) is 4.79 Å². The minimum atomic E-state index is -0.363. The third-order valence-electron chi connectivity index (χ3n) is 4.85. The molecule has 1 amide bonds. The summed E-state index contributed by atoms with van der Waals surface area (Å²) >= 11 is 0. The van der Waals surface area contributed by atoms with E-state index in [4.69, 9.17) is 0 Å². The molecule has 5 heteroatoms. The van der Waals surface area contributed by atoms with Gasteiger partial charge >= 0.3 is 5.69 Å². The van der Waals surface area contributed by atoms with Crippen LogP contribution in [0.25, 0.3) is 11.3 Å². The highest BCUT2D eigenvalue weighted by molar-refractivity contribution is 5.81. The number of carbonyl (C=O) groups excluding carboxylic acids is 1. The summed E-state index contributed by atoms with van der Waals surface area (Å²) in [6, 6.07) is 11.6. The molecular formula is C21H27N3O2. The van der Waals surface area contributed by atoms with Gasteiger partial charge in [0.05, 0.1) is 5.69 Å². The average Bonchev–Trinajstić information content (AvgIpc) is 2.63. The molecule has 1 aliphatic rings. The summed E-state index contributed by atoms with van der Waals surface area (Å²) in [7, 11) is 0. The van der Waals surface area contributed by atoms with Gasteiger partial charge in [0.15, 0.2) is 0 Å². The molecule has 0 spiro atoms. The fourth-order valence-electron chi connectivity index (χ4n) is 3.49. The maximum atomic E-state index is 12.5. The van der Waals surface area contributed by atoms with Gasteiger partial charge in [0.2, 0.25) is 5.91 Å². The van der Waals surface area contributed by atoms with Crippen LogP contribution in [0.4, 0.5) is 0 Å². The van der Waals surface area contributed by atoms with Gasteiger partial charge in [-0.05, 0) is 24.8 Å². The predicted molar refractivity (Wildman–Crippen MR) is 103 cm³/mol. The van der Waals surface area contributed by atoms with Crippen molar-refractivity contribution in [1.29, 1.82) is 0 Å². The minimum absolute atomic E-state index is 0.187. The van der Waals surface area contributed by atoms with Crippen molar-refractivity contribution in [2.45, 2.75) is 40.2 Å². The van der Waals surface area contributed by atoms with Crippen LogP contribution in [0.5, 0.6) is 0 Å². The van der Waals surface area contributed by atoms with Gasteiger partial charge in [0, 0.05) is 36.8 Å². The van der Waals surface area contributed by atoms with E-state index in [2.05, 4.69) is 4.98 Å². The van der Waals surface area contributed by atoms with Crippen LogP contribution < -0.4 is 5.69 Å². The summed E-state index contributed by atoms with van der Waals surface area (Å²) in [6.07, 6.45) is 3.83. The summed E-state index contributed by atoms with van der Waals surface area (Å²) in [5.74, 6) is 0.476. The van der Waals surface area contributed by atoms with Crippen LogP contribution in [-0.2, 0) is 11.3 Å². The molecule has 2 aromatic rings. The Kier molecular flexibility index (Phi) is 5.25. The second kappa shape index (κ2) is 7.44. The maximum absolute atomic E-state index is 12.5. The third-order valence-corrected chi connectivity index (χ3v) is 4.85. The van der Waals surface area contributed by atoms with Crippen molar-refractivity contribution in [1.82, 2.24) is 14.5 Å². The molecule has 2 heterocycles. The lowest BCUT2D eigenvalue weighted by Crippen LogP contribution is -2.46. The van der Waals surface area contributed by atoms with Gasteiger partial charge in [0.25, 0.3) is 0 Å². The smallest absolute Gasteiger partial charge is 0.342 e. The van der Waals surface area contributed by atoms with Crippen molar-refractivity contribution in [3.05, 3.63) is 53.1 Å². The maximum Gasteiger partial charge on any atom is 0.348 e. The molecule has 0 bridgehead atoms. The van der Waals surface area contributed by atoms with E-state index in [1.54, 1.807) is 4.57 Å². The van der Waals surface area contributed by atoms with Crippen molar-refractivity contribution in [3.63, 3.8) is 0 Å². The summed E-state index contributed by atoms with van der Waals surface area (Å²) in [4.78, 5) is 31.1. The Morgan fingerprint density at radius 3 is 2.58 bits per heavy atom. The number of rotatable bonds is 3. The molecule has 1 unspecified atom stereocenters. The Morgan fingerprint density at radius 1 is 1.19 bits per heavy atom. The van der Waals surface area contributed by atoms with Crippen LogP contribution in [0, 0.1) is 11.3 Å². The van der Waals surface area contributed by atoms with Crippen LogP contribution in [0.15, 0.2) is 47.4 Å². The van der Waals surface area contributed by atoms with Crippen molar-refractivity contribution in [2.75, 3.05) is 13.1 Å². The lowest BCUT2D eigenvalue weighted by Gasteiger charge is -2.36. The van der Waals surface area contributed by atoms with Crippen LogP contribution in [0.1, 0.15) is 33.6 Å². The van der Waals surface area contributed by atoms with E-state index in [1.807, 2.05) is 68.3 Å². The fraction of sp³-hybridized carbons (Fsp3) is 0.476. The number of hydrogen-bond acceptors (Lipinski definition) is 3. The number of piperidine rings is 1. The van der Waals surface area contributed by atoms with E-state index in [1.165, 1.54) is 0 Å². The molecule has 1 aliphatic heterocycles. The number of benzene rings is 1. The van der Waals surface area contributed by atoms with Crippen molar-refractivity contribution < 1.29 is 4.79 Å². The van der Waals surface area contributed by atoms with E-state index < -0.39 is 0 Å². The van der Waals surface area contributed by atoms with E-state index in [0.29, 0.717) is 18.8 Å². The van der Waals surface area contributed by atoms with Crippen molar-refractivity contribution in [2.24, 2.45) is 11.3 Å². The summed E-state index contributed by atoms with van der Waals surface area (Å²) in [5, 5.41) is 0. The molecule has 1 aromatic heterocycles. The SMILES string of the molecule is CC(C)(C)C(=O)N1CCCC(Cn2ccc(-c3ccccc3)nc2=O)C1. The number of aromatic nitrogens is 2. The lowest BCUT2D eigenvalue weighted by atomic mass is 9.91. The molecule has 0 radical (unpaired) electrons. The van der Waals surface area contributed by atoms with E-state index in [0.717, 1.165) is 24.9 Å². The fourth-order valence-corrected chi connectivity index (χ4v) is 3.49. The van der Waals surface area contributed by atoms with Crippen LogP contribution >= 0.6 is 0 Å². The second-order valence-corrected chi connectivity index (χ2v) is 8.12. The van der Waals surface area contributed by atoms with Crippen LogP contribution in [-0.4, -0.2) is 33.4 Å². The Labute approximate surface area is 154 Å². The Balaban J connectivity index is 1.71. The molecule has 3 rings (SSSR count). The number of amides is 1. The van der Waals surface area contributed by atoms with Gasteiger partial charge in [0.1, 0.15) is 0 Å². The molecular weight excluding hydrogens is 326 g/mol. The van der Waals surface area contributed by atoms with Gasteiger partial charge in [-0.15, -0.1) is 0 Å². The Hall–Kier alpha value is -2.43. The molecule has 138 valence electrons. The average molecular weight is 353 g/mol. The zero-order chi connectivity index (χ0) is 18.7. The highest BCUT2D eigenvalue weighted by Crippen LogP contribution is 2.24. The summed E-state index contributed by atoms with van der Waals surface area (Å²) in [6.45, 7) is 7.99. The largest absolute Gasteiger partial charge is 0.348 e. The van der Waals surface area contributed by atoms with Gasteiger partial charge in [-0.3, -0.25) is 9.36 Å². The summed E-state index contributed by atoms with van der Waals surface area (Å²) in [5.41, 5.74) is 1.04. The van der Waals surface area contributed by atoms with E-state index >= 15 is 0 Å². The number of carbonyl (C=O) groups is 1. The second-order valence-electron chi connectivity index (χ2n) is 8.12. The number of likely N-dealkylation sites (tertiary alicyclic amines) is 1. The first-order chi connectivity index (χ1) is 12.3. The molecule has 26 heavy (non-hydrogen) atoms. The molecule has 5 nitrogen and oxygen atoms in total. The quantitative estimate of drug-likeness (QED) is 0.851. The van der Waals surface area contributed by atoms with Gasteiger partial charge < -0.3 is 4.90 Å². The zero-order valence-corrected chi connectivity index (χ0v) is 15.8. The van der Waals surface area contributed by atoms with E-state index in [-0.39, 0.29) is 22.9 Å². The highest BCUT2D eigenvalue weighted by Gasteiger charge is 2.31. The third kappa shape index (κ3) is 4.21. The monoisotopic (exact) mass is 353 g/mol. The normalized spacial score (nSPS) is 18.0. The van der Waals surface area contributed by atoms with Crippen LogP contribution in [0.3, 0.4) is 0 Å². The molecule has 1 saturated heterocycles. The van der Waals surface area contributed by atoms with Gasteiger partial charge in [-0.2, -0.15) is 4.98 Å². The standard InChI is InChI=1S/C21H27N3O2/c1-21(2,3)19(25)23-12-7-8-16(14-23)15-24-13-11-18(22-20(24)26)17-9-5-4-6-10-17/h4-6,9-11,13,16H,7-8,12,14-15H2,1-3H3. The molecule has 1 aromatic carbocycles. The highest BCUT2D eigenvalue weighted by atomic mass is 16.2. The minimum Gasteiger partial charge on any atom is -0.342 e. The van der Waals surface area contributed by atoms with Crippen molar-refractivity contribution >= 4 is 5.91 Å². The van der Waals surface area contributed by atoms with Gasteiger partial charge in [-0.1, -0.05) is 51.1 Å². The molecule has 0 saturated carbocycles. The van der Waals surface area contributed by atoms with E-state index in [9.17, 15) is 9.59 Å². The topological polar surface area (TPSA) is 55.2 Å². The lowest BCUT2D eigenvalue weighted by molar-refractivity contribution is -0.141. The van der Waals surface area contributed by atoms with Crippen LogP contribution in [0.2, 0.25) is 0 Å². The molecule has 0 aliphatic carbocycles. The Bertz CT molecular complexity index is 821. The zero-order valence-electron chi connectivity index (χ0n) is 15.8. The first-order valence-corrected chi connectivity index (χ1v) is 9.27. The first-order valence-electron chi connectivity index (χ1n) is 9.27. The molecule has 0 N–H and O–H groups in total. The first kappa shape index (κ1) is 18.4. The molecule has 1 atom stereocenters.